The van der Waals surface area contributed by atoms with Crippen LogP contribution in [0.15, 0.2) is 35.7 Å². The summed E-state index contributed by atoms with van der Waals surface area (Å²) < 4.78 is 1.38. The van der Waals surface area contributed by atoms with E-state index in [0.717, 1.165) is 12.2 Å². The summed E-state index contributed by atoms with van der Waals surface area (Å²) >= 11 is 5.98. The van der Waals surface area contributed by atoms with Crippen LogP contribution in [0.25, 0.3) is 16.2 Å². The summed E-state index contributed by atoms with van der Waals surface area (Å²) in [6.45, 7) is 0. The van der Waals surface area contributed by atoms with E-state index in [2.05, 4.69) is 54.4 Å². The molecule has 0 atom stereocenters. The fourth-order valence-corrected chi connectivity index (χ4v) is 2.48. The maximum absolute atomic E-state index is 4.18. The largest absolute Gasteiger partial charge is 0.179 e. The number of benzene rings is 1. The molecule has 0 bridgehead atoms. The van der Waals surface area contributed by atoms with Crippen molar-refractivity contribution < 1.29 is 0 Å². The first-order valence-electron chi connectivity index (χ1n) is 4.65. The van der Waals surface area contributed by atoms with Gasteiger partial charge in [0.1, 0.15) is 0 Å². The van der Waals surface area contributed by atoms with E-state index in [0.29, 0.717) is 0 Å². The third-order valence-corrected chi connectivity index (χ3v) is 3.34. The van der Waals surface area contributed by atoms with Gasteiger partial charge >= 0.3 is 0 Å². The molecule has 0 unspecified atom stereocenters. The fraction of sp³-hybridized carbons (Fsp3) is 0.167. The van der Waals surface area contributed by atoms with Crippen LogP contribution < -0.4 is 0 Å². The van der Waals surface area contributed by atoms with Crippen molar-refractivity contribution >= 4 is 40.1 Å². The Hall–Kier alpha value is -0.730. The van der Waals surface area contributed by atoms with E-state index in [4.69, 9.17) is 0 Å². The molecule has 0 nitrogen and oxygen atoms in total. The van der Waals surface area contributed by atoms with Crippen molar-refractivity contribution in [3.63, 3.8) is 0 Å². The molecule has 0 aliphatic carbocycles. The molecule has 2 heteroatoms. The first-order chi connectivity index (χ1) is 6.92. The highest BCUT2D eigenvalue weighted by Crippen LogP contribution is 2.25. The summed E-state index contributed by atoms with van der Waals surface area (Å²) in [5.41, 5.74) is 1.32. The van der Waals surface area contributed by atoms with Crippen LogP contribution >= 0.6 is 24.0 Å². The second-order valence-corrected chi connectivity index (χ2v) is 4.46. The lowest BCUT2D eigenvalue weighted by atomic mass is 10.1. The molecular weight excluding hydrogens is 208 g/mol. The van der Waals surface area contributed by atoms with Gasteiger partial charge in [0, 0.05) is 4.70 Å². The van der Waals surface area contributed by atoms with Crippen LogP contribution in [-0.4, -0.2) is 5.75 Å². The SMILES string of the molecule is SCCC=Cc1cccc2ccsc12. The molecule has 0 aliphatic heterocycles. The number of hydrogen-bond donors (Lipinski definition) is 1. The molecule has 72 valence electrons. The summed E-state index contributed by atoms with van der Waals surface area (Å²) in [6, 6.07) is 8.58. The number of fused-ring (bicyclic) bond motifs is 1. The first-order valence-corrected chi connectivity index (χ1v) is 6.16. The maximum atomic E-state index is 4.18. The molecule has 0 spiro atoms. The Labute approximate surface area is 93.7 Å². The Morgan fingerprint density at radius 3 is 3.07 bits per heavy atom. The Morgan fingerprint density at radius 2 is 2.21 bits per heavy atom. The van der Waals surface area contributed by atoms with Crippen LogP contribution in [0.1, 0.15) is 12.0 Å². The van der Waals surface area contributed by atoms with Gasteiger partial charge in [-0.25, -0.2) is 0 Å². The van der Waals surface area contributed by atoms with Gasteiger partial charge < -0.3 is 0 Å². The number of thiol groups is 1. The van der Waals surface area contributed by atoms with Crippen molar-refractivity contribution in [2.75, 3.05) is 5.75 Å². The Morgan fingerprint density at radius 1 is 1.29 bits per heavy atom. The number of hydrogen-bond acceptors (Lipinski definition) is 2. The Kier molecular flexibility index (Phi) is 3.27. The predicted octanol–water partition coefficient (Wildman–Crippen LogP) is 4.23. The minimum Gasteiger partial charge on any atom is -0.179 e. The average molecular weight is 220 g/mol. The van der Waals surface area contributed by atoms with Crippen molar-refractivity contribution in [1.82, 2.24) is 0 Å². The fourth-order valence-electron chi connectivity index (χ4n) is 1.43. The zero-order valence-corrected chi connectivity index (χ0v) is 9.52. The molecule has 1 aromatic carbocycles. The summed E-state index contributed by atoms with van der Waals surface area (Å²) in [5, 5.41) is 3.48. The van der Waals surface area contributed by atoms with Crippen LogP contribution in [0.2, 0.25) is 0 Å². The molecule has 0 aliphatic rings. The second-order valence-electron chi connectivity index (χ2n) is 3.10. The summed E-state index contributed by atoms with van der Waals surface area (Å²) in [6.07, 6.45) is 5.40. The number of allylic oxidation sites excluding steroid dienone is 1. The molecule has 0 N–H and O–H groups in total. The van der Waals surface area contributed by atoms with Gasteiger partial charge in [0.25, 0.3) is 0 Å². The van der Waals surface area contributed by atoms with E-state index in [-0.39, 0.29) is 0 Å². The molecule has 0 saturated carbocycles. The van der Waals surface area contributed by atoms with Crippen molar-refractivity contribution in [2.24, 2.45) is 0 Å². The molecule has 0 radical (unpaired) electrons. The van der Waals surface area contributed by atoms with E-state index in [1.54, 1.807) is 11.3 Å². The van der Waals surface area contributed by atoms with Gasteiger partial charge in [-0.1, -0.05) is 30.4 Å². The Bertz CT molecular complexity index is 440. The third kappa shape index (κ3) is 2.02. The molecule has 1 heterocycles. The van der Waals surface area contributed by atoms with Crippen molar-refractivity contribution in [2.45, 2.75) is 6.42 Å². The molecule has 2 rings (SSSR count). The van der Waals surface area contributed by atoms with Crippen LogP contribution in [-0.2, 0) is 0 Å². The van der Waals surface area contributed by atoms with E-state index in [9.17, 15) is 0 Å². The molecule has 0 fully saturated rings. The summed E-state index contributed by atoms with van der Waals surface area (Å²) in [4.78, 5) is 0. The monoisotopic (exact) mass is 220 g/mol. The van der Waals surface area contributed by atoms with E-state index in [1.165, 1.54) is 15.6 Å². The highest BCUT2D eigenvalue weighted by atomic mass is 32.1. The van der Waals surface area contributed by atoms with Crippen LogP contribution in [0.4, 0.5) is 0 Å². The van der Waals surface area contributed by atoms with Crippen LogP contribution in [0.3, 0.4) is 0 Å². The normalized spacial score (nSPS) is 11.5. The average Bonchev–Trinajstić information content (AvgIpc) is 2.67. The van der Waals surface area contributed by atoms with Crippen LogP contribution in [0.5, 0.6) is 0 Å². The number of rotatable bonds is 3. The zero-order chi connectivity index (χ0) is 9.80. The Balaban J connectivity index is 2.36. The molecule has 0 saturated heterocycles. The van der Waals surface area contributed by atoms with Gasteiger partial charge in [-0.15, -0.1) is 11.3 Å². The minimum absolute atomic E-state index is 0.914. The summed E-state index contributed by atoms with van der Waals surface area (Å²) in [7, 11) is 0. The molecule has 0 amide bonds. The van der Waals surface area contributed by atoms with E-state index in [1.807, 2.05) is 0 Å². The van der Waals surface area contributed by atoms with E-state index >= 15 is 0 Å². The predicted molar refractivity (Wildman–Crippen MR) is 69.3 cm³/mol. The van der Waals surface area contributed by atoms with Crippen molar-refractivity contribution in [3.05, 3.63) is 41.3 Å². The second kappa shape index (κ2) is 4.67. The smallest absolute Gasteiger partial charge is 0.0414 e. The molecule has 14 heavy (non-hydrogen) atoms. The topological polar surface area (TPSA) is 0 Å². The van der Waals surface area contributed by atoms with Crippen molar-refractivity contribution in [3.8, 4) is 0 Å². The minimum atomic E-state index is 0.914. The van der Waals surface area contributed by atoms with Gasteiger partial charge in [0.05, 0.1) is 0 Å². The van der Waals surface area contributed by atoms with Crippen LogP contribution in [0, 0.1) is 0 Å². The lowest BCUT2D eigenvalue weighted by Crippen LogP contribution is -1.72. The van der Waals surface area contributed by atoms with Gasteiger partial charge in [0.2, 0.25) is 0 Å². The highest BCUT2D eigenvalue weighted by molar-refractivity contribution is 7.80. The lowest BCUT2D eigenvalue weighted by Gasteiger charge is -1.95. The standard InChI is InChI=1S/C12H12S2/c13-8-2-1-4-10-5-3-6-11-7-9-14-12(10)11/h1,3-7,9,13H,2,8H2. The van der Waals surface area contributed by atoms with Gasteiger partial charge in [-0.3, -0.25) is 0 Å². The maximum Gasteiger partial charge on any atom is 0.0414 e. The van der Waals surface area contributed by atoms with Gasteiger partial charge in [0.15, 0.2) is 0 Å². The zero-order valence-electron chi connectivity index (χ0n) is 7.81. The lowest BCUT2D eigenvalue weighted by molar-refractivity contribution is 1.26. The highest BCUT2D eigenvalue weighted by Gasteiger charge is 1.97. The van der Waals surface area contributed by atoms with Crippen molar-refractivity contribution in [1.29, 1.82) is 0 Å². The van der Waals surface area contributed by atoms with Gasteiger partial charge in [-0.2, -0.15) is 12.6 Å². The first kappa shape index (κ1) is 9.81. The molecular formula is C12H12S2. The van der Waals surface area contributed by atoms with E-state index < -0.39 is 0 Å². The molecule has 2 aromatic rings. The quantitative estimate of drug-likeness (QED) is 0.735. The number of thiophene rings is 1. The summed E-state index contributed by atoms with van der Waals surface area (Å²) in [5.74, 6) is 0.914. The van der Waals surface area contributed by atoms with Gasteiger partial charge in [-0.05, 0) is 34.6 Å². The third-order valence-electron chi connectivity index (χ3n) is 2.10. The molecule has 1 aromatic heterocycles.